The number of nitrogens with zero attached hydrogens (tertiary/aromatic N) is 3. The molecule has 5 nitrogen and oxygen atoms in total. The number of rotatable bonds is 5. The third-order valence-electron chi connectivity index (χ3n) is 2.13. The van der Waals surface area contributed by atoms with Gasteiger partial charge in [-0.05, 0) is 5.92 Å². The molecule has 16 heavy (non-hydrogen) atoms. The van der Waals surface area contributed by atoms with Gasteiger partial charge in [0.05, 0.1) is 4.92 Å². The Hall–Kier alpha value is -0.880. The summed E-state index contributed by atoms with van der Waals surface area (Å²) in [5, 5.41) is 11.0. The topological polar surface area (TPSA) is 68.9 Å². The van der Waals surface area contributed by atoms with Crippen LogP contribution in [0.25, 0.3) is 0 Å². The monoisotopic (exact) mass is 261 g/mol. The predicted octanol–water partition coefficient (Wildman–Crippen LogP) is 3.18. The molecule has 7 heteroatoms. The first-order chi connectivity index (χ1) is 7.56. The van der Waals surface area contributed by atoms with E-state index in [4.69, 9.17) is 11.6 Å². The van der Waals surface area contributed by atoms with Gasteiger partial charge in [0.2, 0.25) is 5.15 Å². The molecule has 0 saturated heterocycles. The van der Waals surface area contributed by atoms with Gasteiger partial charge in [0, 0.05) is 5.75 Å². The fraction of sp³-hybridized carbons (Fsp3) is 0.556. The normalized spacial score (nSPS) is 12.4. The standard InChI is InChI=1S/C9H12ClN3O2S/c1-3-6(2)4-16-9-7(13(14)15)8(10)11-5-12-9/h5-6H,3-4H2,1-2H3. The van der Waals surface area contributed by atoms with Gasteiger partial charge in [0.1, 0.15) is 6.33 Å². The maximum atomic E-state index is 10.8. The maximum absolute atomic E-state index is 10.8. The zero-order valence-corrected chi connectivity index (χ0v) is 10.6. The molecule has 0 aliphatic heterocycles. The van der Waals surface area contributed by atoms with Crippen molar-refractivity contribution in [3.8, 4) is 0 Å². The van der Waals surface area contributed by atoms with Crippen molar-refractivity contribution in [2.45, 2.75) is 25.3 Å². The van der Waals surface area contributed by atoms with Crippen LogP contribution in [0.5, 0.6) is 0 Å². The lowest BCUT2D eigenvalue weighted by molar-refractivity contribution is -0.388. The van der Waals surface area contributed by atoms with Crippen LogP contribution in [0.4, 0.5) is 5.69 Å². The summed E-state index contributed by atoms with van der Waals surface area (Å²) in [5.74, 6) is 1.27. The second-order valence-electron chi connectivity index (χ2n) is 3.40. The van der Waals surface area contributed by atoms with Crippen molar-refractivity contribution in [1.82, 2.24) is 9.97 Å². The molecule has 1 rings (SSSR count). The smallest absolute Gasteiger partial charge is 0.258 e. The quantitative estimate of drug-likeness (QED) is 0.352. The van der Waals surface area contributed by atoms with E-state index in [1.165, 1.54) is 18.1 Å². The highest BCUT2D eigenvalue weighted by Crippen LogP contribution is 2.32. The molecule has 0 aliphatic carbocycles. The van der Waals surface area contributed by atoms with Crippen molar-refractivity contribution < 1.29 is 4.92 Å². The molecule has 1 unspecified atom stereocenters. The Kier molecular flexibility index (Phi) is 4.95. The Bertz CT molecular complexity index is 389. The molecule has 0 aromatic carbocycles. The van der Waals surface area contributed by atoms with Crippen molar-refractivity contribution in [1.29, 1.82) is 0 Å². The summed E-state index contributed by atoms with van der Waals surface area (Å²) in [7, 11) is 0. The van der Waals surface area contributed by atoms with Gasteiger partial charge in [-0.15, -0.1) is 0 Å². The van der Waals surface area contributed by atoms with Crippen LogP contribution in [0.1, 0.15) is 20.3 Å². The van der Waals surface area contributed by atoms with Crippen molar-refractivity contribution >= 4 is 29.1 Å². The van der Waals surface area contributed by atoms with Crippen molar-refractivity contribution in [3.63, 3.8) is 0 Å². The second kappa shape index (κ2) is 6.00. The molecule has 88 valence electrons. The maximum Gasteiger partial charge on any atom is 0.338 e. The van der Waals surface area contributed by atoms with Crippen LogP contribution < -0.4 is 0 Å². The molecule has 0 fully saturated rings. The summed E-state index contributed by atoms with van der Waals surface area (Å²) in [6.45, 7) is 4.16. The Morgan fingerprint density at radius 2 is 2.31 bits per heavy atom. The molecule has 1 heterocycles. The molecule has 0 saturated carbocycles. The fourth-order valence-electron chi connectivity index (χ4n) is 0.941. The molecule has 0 aliphatic rings. The fourth-order valence-corrected chi connectivity index (χ4v) is 2.31. The van der Waals surface area contributed by atoms with Crippen LogP contribution in [0.15, 0.2) is 11.4 Å². The number of hydrogen-bond donors (Lipinski definition) is 0. The van der Waals surface area contributed by atoms with E-state index in [0.29, 0.717) is 10.9 Å². The first-order valence-electron chi connectivity index (χ1n) is 4.84. The third-order valence-corrected chi connectivity index (χ3v) is 3.71. The minimum absolute atomic E-state index is 0.105. The summed E-state index contributed by atoms with van der Waals surface area (Å²) >= 11 is 7.01. The molecule has 1 aromatic heterocycles. The highest BCUT2D eigenvalue weighted by molar-refractivity contribution is 7.99. The van der Waals surface area contributed by atoms with Gasteiger partial charge in [-0.25, -0.2) is 9.97 Å². The molecule has 0 spiro atoms. The van der Waals surface area contributed by atoms with Gasteiger partial charge in [0.15, 0.2) is 5.03 Å². The minimum atomic E-state index is -0.540. The number of hydrogen-bond acceptors (Lipinski definition) is 5. The highest BCUT2D eigenvalue weighted by Gasteiger charge is 2.21. The molecule has 0 bridgehead atoms. The first-order valence-corrected chi connectivity index (χ1v) is 6.20. The Labute approximate surface area is 103 Å². The highest BCUT2D eigenvalue weighted by atomic mass is 35.5. The predicted molar refractivity (Wildman–Crippen MR) is 63.9 cm³/mol. The van der Waals surface area contributed by atoms with Crippen molar-refractivity contribution in [2.24, 2.45) is 5.92 Å². The van der Waals surface area contributed by atoms with Crippen molar-refractivity contribution in [3.05, 3.63) is 21.6 Å². The van der Waals surface area contributed by atoms with E-state index in [9.17, 15) is 10.1 Å². The van der Waals surface area contributed by atoms with Gasteiger partial charge in [-0.2, -0.15) is 0 Å². The van der Waals surface area contributed by atoms with Crippen molar-refractivity contribution in [2.75, 3.05) is 5.75 Å². The first kappa shape index (κ1) is 13.2. The van der Waals surface area contributed by atoms with Crippen LogP contribution in [-0.2, 0) is 0 Å². The van der Waals surface area contributed by atoms with Gasteiger partial charge in [0.25, 0.3) is 0 Å². The lowest BCUT2D eigenvalue weighted by Gasteiger charge is -2.07. The van der Waals surface area contributed by atoms with Gasteiger partial charge in [-0.1, -0.05) is 43.6 Å². The minimum Gasteiger partial charge on any atom is -0.258 e. The van der Waals surface area contributed by atoms with E-state index >= 15 is 0 Å². The van der Waals surface area contributed by atoms with Crippen LogP contribution in [0.2, 0.25) is 5.15 Å². The Balaban J connectivity index is 2.87. The number of aromatic nitrogens is 2. The molecule has 0 amide bonds. The van der Waals surface area contributed by atoms with Crippen LogP contribution >= 0.6 is 23.4 Å². The van der Waals surface area contributed by atoms with E-state index in [1.54, 1.807) is 0 Å². The summed E-state index contributed by atoms with van der Waals surface area (Å²) < 4.78 is 0. The molecule has 0 N–H and O–H groups in total. The average molecular weight is 262 g/mol. The Morgan fingerprint density at radius 3 is 2.88 bits per heavy atom. The van der Waals surface area contributed by atoms with Crippen LogP contribution in [0, 0.1) is 16.0 Å². The SMILES string of the molecule is CCC(C)CSc1ncnc(Cl)c1[N+](=O)[O-]. The van der Waals surface area contributed by atoms with E-state index in [-0.39, 0.29) is 10.8 Å². The molecule has 1 atom stereocenters. The van der Waals surface area contributed by atoms with E-state index < -0.39 is 4.92 Å². The van der Waals surface area contributed by atoms with Crippen LogP contribution in [0.3, 0.4) is 0 Å². The van der Waals surface area contributed by atoms with E-state index in [1.807, 2.05) is 0 Å². The van der Waals surface area contributed by atoms with Gasteiger partial charge < -0.3 is 0 Å². The lowest BCUT2D eigenvalue weighted by atomic mass is 10.2. The van der Waals surface area contributed by atoms with E-state index in [0.717, 1.165) is 12.2 Å². The lowest BCUT2D eigenvalue weighted by Crippen LogP contribution is -2.00. The summed E-state index contributed by atoms with van der Waals surface area (Å²) in [5.41, 5.74) is -0.197. The second-order valence-corrected chi connectivity index (χ2v) is 4.77. The number of halogens is 1. The van der Waals surface area contributed by atoms with Gasteiger partial charge >= 0.3 is 5.69 Å². The zero-order valence-electron chi connectivity index (χ0n) is 9.01. The molecular formula is C9H12ClN3O2S. The summed E-state index contributed by atoms with van der Waals surface area (Å²) in [4.78, 5) is 17.7. The largest absolute Gasteiger partial charge is 0.338 e. The number of thioether (sulfide) groups is 1. The van der Waals surface area contributed by atoms with Gasteiger partial charge in [-0.3, -0.25) is 10.1 Å². The molecule has 0 radical (unpaired) electrons. The Morgan fingerprint density at radius 1 is 1.62 bits per heavy atom. The van der Waals surface area contributed by atoms with Crippen LogP contribution in [-0.4, -0.2) is 20.6 Å². The van der Waals surface area contributed by atoms with E-state index in [2.05, 4.69) is 23.8 Å². The molecular weight excluding hydrogens is 250 g/mol. The summed E-state index contributed by atoms with van der Waals surface area (Å²) in [6, 6.07) is 0. The molecule has 1 aromatic rings. The zero-order chi connectivity index (χ0) is 12.1. The average Bonchev–Trinajstić information content (AvgIpc) is 2.25. The third kappa shape index (κ3) is 3.31. The number of nitro groups is 1. The summed E-state index contributed by atoms with van der Waals surface area (Å²) in [6.07, 6.45) is 2.27.